The van der Waals surface area contributed by atoms with E-state index in [1.54, 1.807) is 0 Å². The molecular weight excluding hydrogens is 414 g/mol. The van der Waals surface area contributed by atoms with Crippen molar-refractivity contribution in [3.05, 3.63) is 108 Å². The molecule has 0 amide bonds. The summed E-state index contributed by atoms with van der Waals surface area (Å²) in [6.45, 7) is 2.42. The van der Waals surface area contributed by atoms with Crippen molar-refractivity contribution >= 4 is 5.97 Å². The number of oxazole rings is 1. The Morgan fingerprint density at radius 2 is 1.61 bits per heavy atom. The van der Waals surface area contributed by atoms with Gasteiger partial charge in [0, 0.05) is 12.0 Å². The zero-order valence-electron chi connectivity index (χ0n) is 18.9. The van der Waals surface area contributed by atoms with Crippen LogP contribution in [0, 0.1) is 6.92 Å². The van der Waals surface area contributed by atoms with Gasteiger partial charge in [0.1, 0.15) is 11.5 Å². The molecule has 0 fully saturated rings. The van der Waals surface area contributed by atoms with Crippen molar-refractivity contribution in [2.24, 2.45) is 0 Å². The number of hydrogen-bond donors (Lipinski definition) is 0. The number of ether oxygens (including phenoxy) is 2. The highest BCUT2D eigenvalue weighted by Crippen LogP contribution is 2.25. The van der Waals surface area contributed by atoms with Gasteiger partial charge in [-0.05, 0) is 48.7 Å². The molecule has 0 aliphatic heterocycles. The third-order valence-electron chi connectivity index (χ3n) is 5.57. The molecule has 0 aliphatic carbocycles. The SMILES string of the molecule is COC(=O)C(Cc1ccc(OCCc2nc(-c3ccccc3)oc2C)cc1)c1ccccc1. The lowest BCUT2D eigenvalue weighted by atomic mass is 9.92. The van der Waals surface area contributed by atoms with Gasteiger partial charge in [0.05, 0.1) is 25.3 Å². The Balaban J connectivity index is 1.34. The molecular formula is C28H27NO4. The Morgan fingerprint density at radius 1 is 0.939 bits per heavy atom. The molecule has 4 rings (SSSR count). The summed E-state index contributed by atoms with van der Waals surface area (Å²) in [5.41, 5.74) is 3.85. The van der Waals surface area contributed by atoms with Gasteiger partial charge in [-0.3, -0.25) is 4.79 Å². The molecule has 0 saturated carbocycles. The first-order chi connectivity index (χ1) is 16.1. The van der Waals surface area contributed by atoms with Crippen LogP contribution in [0.2, 0.25) is 0 Å². The van der Waals surface area contributed by atoms with Crippen LogP contribution in [-0.4, -0.2) is 24.7 Å². The molecule has 0 aliphatic rings. The zero-order valence-corrected chi connectivity index (χ0v) is 18.9. The largest absolute Gasteiger partial charge is 0.493 e. The van der Waals surface area contributed by atoms with Crippen molar-refractivity contribution < 1.29 is 18.7 Å². The molecule has 0 N–H and O–H groups in total. The van der Waals surface area contributed by atoms with Crippen LogP contribution in [0.5, 0.6) is 5.75 Å². The maximum Gasteiger partial charge on any atom is 0.313 e. The number of carbonyl (C=O) groups is 1. The summed E-state index contributed by atoms with van der Waals surface area (Å²) < 4.78 is 16.8. The minimum absolute atomic E-state index is 0.237. The van der Waals surface area contributed by atoms with Crippen molar-refractivity contribution in [1.82, 2.24) is 4.98 Å². The van der Waals surface area contributed by atoms with Gasteiger partial charge < -0.3 is 13.9 Å². The predicted molar refractivity (Wildman–Crippen MR) is 127 cm³/mol. The lowest BCUT2D eigenvalue weighted by Gasteiger charge is -2.15. The fourth-order valence-electron chi connectivity index (χ4n) is 3.75. The van der Waals surface area contributed by atoms with Crippen LogP contribution in [0.1, 0.15) is 28.5 Å². The Labute approximate surface area is 194 Å². The first kappa shape index (κ1) is 22.3. The number of rotatable bonds is 9. The van der Waals surface area contributed by atoms with Crippen LogP contribution in [0.4, 0.5) is 0 Å². The Hall–Kier alpha value is -3.86. The van der Waals surface area contributed by atoms with E-state index in [4.69, 9.17) is 13.9 Å². The molecule has 5 heteroatoms. The van der Waals surface area contributed by atoms with Gasteiger partial charge in [-0.1, -0.05) is 60.7 Å². The average Bonchev–Trinajstić information content (AvgIpc) is 3.24. The van der Waals surface area contributed by atoms with Gasteiger partial charge in [-0.15, -0.1) is 0 Å². The molecule has 1 heterocycles. The number of methoxy groups -OCH3 is 1. The van der Waals surface area contributed by atoms with E-state index in [2.05, 4.69) is 4.98 Å². The predicted octanol–water partition coefficient (Wildman–Crippen LogP) is 5.77. The summed E-state index contributed by atoms with van der Waals surface area (Å²) in [6, 6.07) is 27.4. The normalized spacial score (nSPS) is 11.7. The van der Waals surface area contributed by atoms with Crippen molar-refractivity contribution in [3.63, 3.8) is 0 Å². The fourth-order valence-corrected chi connectivity index (χ4v) is 3.75. The summed E-state index contributed by atoms with van der Waals surface area (Å²) in [5.74, 6) is 1.64. The highest BCUT2D eigenvalue weighted by molar-refractivity contribution is 5.78. The van der Waals surface area contributed by atoms with E-state index in [-0.39, 0.29) is 11.9 Å². The molecule has 168 valence electrons. The van der Waals surface area contributed by atoms with Crippen molar-refractivity contribution in [2.75, 3.05) is 13.7 Å². The maximum absolute atomic E-state index is 12.3. The third-order valence-corrected chi connectivity index (χ3v) is 5.57. The van der Waals surface area contributed by atoms with Gasteiger partial charge >= 0.3 is 5.97 Å². The highest BCUT2D eigenvalue weighted by atomic mass is 16.5. The number of nitrogens with zero attached hydrogens (tertiary/aromatic N) is 1. The van der Waals surface area contributed by atoms with Crippen LogP contribution in [0.25, 0.3) is 11.5 Å². The highest BCUT2D eigenvalue weighted by Gasteiger charge is 2.21. The monoisotopic (exact) mass is 441 g/mol. The number of carbonyl (C=O) groups excluding carboxylic acids is 1. The van der Waals surface area contributed by atoms with E-state index in [1.165, 1.54) is 7.11 Å². The molecule has 1 unspecified atom stereocenters. The summed E-state index contributed by atoms with van der Waals surface area (Å²) in [4.78, 5) is 16.9. The van der Waals surface area contributed by atoms with Gasteiger partial charge in [0.15, 0.2) is 0 Å². The van der Waals surface area contributed by atoms with E-state index < -0.39 is 0 Å². The first-order valence-electron chi connectivity index (χ1n) is 11.0. The van der Waals surface area contributed by atoms with Crippen LogP contribution >= 0.6 is 0 Å². The lowest BCUT2D eigenvalue weighted by Crippen LogP contribution is -2.16. The zero-order chi connectivity index (χ0) is 23.0. The number of benzene rings is 3. The molecule has 0 radical (unpaired) electrons. The standard InChI is InChI=1S/C28H27NO4/c1-20-26(29-27(33-20)23-11-7-4-8-12-23)17-18-32-24-15-13-21(14-16-24)19-25(28(30)31-2)22-9-5-3-6-10-22/h3-16,25H,17-19H2,1-2H3. The molecule has 1 atom stereocenters. The second-order valence-corrected chi connectivity index (χ2v) is 7.82. The summed E-state index contributed by atoms with van der Waals surface area (Å²) >= 11 is 0. The van der Waals surface area contributed by atoms with Crippen molar-refractivity contribution in [3.8, 4) is 17.2 Å². The maximum atomic E-state index is 12.3. The number of aromatic nitrogens is 1. The van der Waals surface area contributed by atoms with Gasteiger partial charge in [0.25, 0.3) is 0 Å². The fraction of sp³-hybridized carbons (Fsp3) is 0.214. The molecule has 5 nitrogen and oxygen atoms in total. The van der Waals surface area contributed by atoms with Crippen LogP contribution < -0.4 is 4.74 Å². The minimum Gasteiger partial charge on any atom is -0.493 e. The van der Waals surface area contributed by atoms with Gasteiger partial charge in [0.2, 0.25) is 5.89 Å². The molecule has 4 aromatic rings. The summed E-state index contributed by atoms with van der Waals surface area (Å²) in [6.07, 6.45) is 1.22. The van der Waals surface area contributed by atoms with Crippen LogP contribution in [-0.2, 0) is 22.4 Å². The molecule has 0 spiro atoms. The van der Waals surface area contributed by atoms with Crippen LogP contribution in [0.15, 0.2) is 89.3 Å². The first-order valence-corrected chi connectivity index (χ1v) is 11.0. The molecule has 3 aromatic carbocycles. The van der Waals surface area contributed by atoms with E-state index in [0.29, 0.717) is 25.3 Å². The van der Waals surface area contributed by atoms with E-state index in [9.17, 15) is 4.79 Å². The minimum atomic E-state index is -0.336. The van der Waals surface area contributed by atoms with Gasteiger partial charge in [-0.2, -0.15) is 0 Å². The van der Waals surface area contributed by atoms with E-state index >= 15 is 0 Å². The average molecular weight is 442 g/mol. The topological polar surface area (TPSA) is 61.6 Å². The molecule has 0 bridgehead atoms. The smallest absolute Gasteiger partial charge is 0.313 e. The molecule has 33 heavy (non-hydrogen) atoms. The second-order valence-electron chi connectivity index (χ2n) is 7.82. The number of aryl methyl sites for hydroxylation is 1. The molecule has 0 saturated heterocycles. The van der Waals surface area contributed by atoms with Crippen LogP contribution in [0.3, 0.4) is 0 Å². The Bertz CT molecular complexity index is 1170. The summed E-state index contributed by atoms with van der Waals surface area (Å²) in [7, 11) is 1.43. The Kier molecular flexibility index (Phi) is 7.20. The van der Waals surface area contributed by atoms with Crippen molar-refractivity contribution in [1.29, 1.82) is 0 Å². The second kappa shape index (κ2) is 10.6. The van der Waals surface area contributed by atoms with E-state index in [0.717, 1.165) is 33.9 Å². The van der Waals surface area contributed by atoms with Crippen molar-refractivity contribution in [2.45, 2.75) is 25.7 Å². The number of hydrogen-bond acceptors (Lipinski definition) is 5. The molecule has 1 aromatic heterocycles. The third kappa shape index (κ3) is 5.69. The van der Waals surface area contributed by atoms with E-state index in [1.807, 2.05) is 91.9 Å². The van der Waals surface area contributed by atoms with Gasteiger partial charge in [-0.25, -0.2) is 4.98 Å². The Morgan fingerprint density at radius 3 is 2.27 bits per heavy atom. The summed E-state index contributed by atoms with van der Waals surface area (Å²) in [5, 5.41) is 0. The number of esters is 1. The quantitative estimate of drug-likeness (QED) is 0.309. The lowest BCUT2D eigenvalue weighted by molar-refractivity contribution is -0.142.